The summed E-state index contributed by atoms with van der Waals surface area (Å²) in [5.74, 6) is 0.0771. The fourth-order valence-corrected chi connectivity index (χ4v) is 2.62. The van der Waals surface area contributed by atoms with Crippen LogP contribution in [0.1, 0.15) is 25.8 Å². The lowest BCUT2D eigenvalue weighted by molar-refractivity contribution is -0.0507. The minimum absolute atomic E-state index is 0.0201. The van der Waals surface area contributed by atoms with Gasteiger partial charge in [-0.1, -0.05) is 0 Å². The van der Waals surface area contributed by atoms with Crippen LogP contribution in [0.15, 0.2) is 29.2 Å². The molecule has 1 aliphatic carbocycles. The van der Waals surface area contributed by atoms with E-state index in [0.717, 1.165) is 5.39 Å². The molecule has 2 aromatic heterocycles. The molecule has 0 radical (unpaired) electrons. The Morgan fingerprint density at radius 3 is 2.83 bits per heavy atom. The van der Waals surface area contributed by atoms with Gasteiger partial charge in [0.25, 0.3) is 5.56 Å². The Bertz CT molecular complexity index is 667. The van der Waals surface area contributed by atoms with Crippen LogP contribution >= 0.6 is 0 Å². The van der Waals surface area contributed by atoms with E-state index in [1.165, 1.54) is 12.3 Å². The average molecular weight is 246 g/mol. The van der Waals surface area contributed by atoms with E-state index in [4.69, 9.17) is 0 Å². The molecular weight excluding hydrogens is 232 g/mol. The molecule has 0 unspecified atom stereocenters. The highest BCUT2D eigenvalue weighted by atomic mass is 16.3. The van der Waals surface area contributed by atoms with Crippen molar-refractivity contribution in [3.8, 4) is 5.75 Å². The van der Waals surface area contributed by atoms with E-state index in [2.05, 4.69) is 4.98 Å². The van der Waals surface area contributed by atoms with Crippen LogP contribution in [-0.4, -0.2) is 25.4 Å². The van der Waals surface area contributed by atoms with Gasteiger partial charge in [0.05, 0.1) is 11.8 Å². The van der Waals surface area contributed by atoms with E-state index in [9.17, 15) is 15.0 Å². The highest BCUT2D eigenvalue weighted by Crippen LogP contribution is 2.41. The highest BCUT2D eigenvalue weighted by molar-refractivity contribution is 5.76. The lowest BCUT2D eigenvalue weighted by atomic mass is 9.77. The largest absolute Gasteiger partial charge is 0.506 e. The third-order valence-corrected chi connectivity index (χ3v) is 3.47. The third-order valence-electron chi connectivity index (χ3n) is 3.47. The van der Waals surface area contributed by atoms with Crippen LogP contribution in [0.3, 0.4) is 0 Å². The van der Waals surface area contributed by atoms with Gasteiger partial charge in [-0.25, -0.2) is 4.98 Å². The van der Waals surface area contributed by atoms with E-state index in [1.54, 1.807) is 23.6 Å². The average Bonchev–Trinajstić information content (AvgIpc) is 2.26. The fraction of sp³-hybridized carbons (Fsp3) is 0.385. The molecule has 1 aliphatic rings. The quantitative estimate of drug-likeness (QED) is 0.792. The number of rotatable bonds is 1. The van der Waals surface area contributed by atoms with Crippen molar-refractivity contribution in [2.75, 3.05) is 0 Å². The van der Waals surface area contributed by atoms with E-state index < -0.39 is 5.60 Å². The molecule has 1 saturated carbocycles. The number of nitrogens with zero attached hydrogens (tertiary/aromatic N) is 2. The van der Waals surface area contributed by atoms with E-state index in [-0.39, 0.29) is 17.4 Å². The normalized spacial score (nSPS) is 27.1. The fourth-order valence-electron chi connectivity index (χ4n) is 2.62. The van der Waals surface area contributed by atoms with Crippen LogP contribution in [-0.2, 0) is 0 Å². The maximum Gasteiger partial charge on any atom is 0.252 e. The Morgan fingerprint density at radius 2 is 2.17 bits per heavy atom. The Balaban J connectivity index is 2.16. The van der Waals surface area contributed by atoms with Crippen LogP contribution in [0.4, 0.5) is 0 Å². The highest BCUT2D eigenvalue weighted by Gasteiger charge is 2.40. The van der Waals surface area contributed by atoms with E-state index in [0.29, 0.717) is 18.5 Å². The van der Waals surface area contributed by atoms with E-state index in [1.807, 2.05) is 0 Å². The second-order valence-electron chi connectivity index (χ2n) is 5.21. The van der Waals surface area contributed by atoms with Crippen LogP contribution < -0.4 is 5.56 Å². The summed E-state index contributed by atoms with van der Waals surface area (Å²) in [6.07, 6.45) is 2.43. The lowest BCUT2D eigenvalue weighted by Crippen LogP contribution is -2.45. The number of fused-ring (bicyclic) bond motifs is 1. The van der Waals surface area contributed by atoms with Crippen molar-refractivity contribution in [2.45, 2.75) is 31.4 Å². The molecule has 18 heavy (non-hydrogen) atoms. The maximum absolute atomic E-state index is 11.9. The van der Waals surface area contributed by atoms with Crippen LogP contribution in [0, 0.1) is 0 Å². The number of aliphatic hydroxyl groups is 1. The van der Waals surface area contributed by atoms with Gasteiger partial charge < -0.3 is 10.2 Å². The lowest BCUT2D eigenvalue weighted by Gasteiger charge is -2.41. The van der Waals surface area contributed by atoms with Crippen molar-refractivity contribution in [1.82, 2.24) is 9.55 Å². The van der Waals surface area contributed by atoms with Gasteiger partial charge in [0, 0.05) is 17.5 Å². The first-order valence-corrected chi connectivity index (χ1v) is 5.89. The zero-order valence-corrected chi connectivity index (χ0v) is 10.00. The molecule has 94 valence electrons. The summed E-state index contributed by atoms with van der Waals surface area (Å²) >= 11 is 0. The summed E-state index contributed by atoms with van der Waals surface area (Å²) in [6.45, 7) is 1.76. The summed E-state index contributed by atoms with van der Waals surface area (Å²) in [5.41, 5.74) is -0.259. The van der Waals surface area contributed by atoms with Gasteiger partial charge in [0.15, 0.2) is 0 Å². The van der Waals surface area contributed by atoms with Crippen molar-refractivity contribution in [3.63, 3.8) is 0 Å². The number of hydrogen-bond donors (Lipinski definition) is 2. The first kappa shape index (κ1) is 11.2. The predicted octanol–water partition coefficient (Wildman–Crippen LogP) is 1.19. The van der Waals surface area contributed by atoms with Crippen molar-refractivity contribution >= 4 is 11.0 Å². The summed E-state index contributed by atoms with van der Waals surface area (Å²) in [7, 11) is 0. The molecule has 1 fully saturated rings. The van der Waals surface area contributed by atoms with Crippen LogP contribution in [0.25, 0.3) is 11.0 Å². The van der Waals surface area contributed by atoms with Gasteiger partial charge in [-0.15, -0.1) is 0 Å². The van der Waals surface area contributed by atoms with Gasteiger partial charge in [0.2, 0.25) is 0 Å². The van der Waals surface area contributed by atoms with Gasteiger partial charge in [-0.05, 0) is 31.9 Å². The molecule has 0 aliphatic heterocycles. The topological polar surface area (TPSA) is 75.4 Å². The standard InChI is InChI=1S/C13H14N2O3/c1-13(18)5-9(6-13)15-11(17)3-2-8-4-10(16)7-14-12(8)15/h2-4,7,9,16,18H,5-6H2,1H3/t9-,13+. The van der Waals surface area contributed by atoms with E-state index >= 15 is 0 Å². The van der Waals surface area contributed by atoms with Gasteiger partial charge >= 0.3 is 0 Å². The minimum atomic E-state index is -0.691. The van der Waals surface area contributed by atoms with Gasteiger partial charge in [-0.2, -0.15) is 0 Å². The third kappa shape index (κ3) is 1.67. The smallest absolute Gasteiger partial charge is 0.252 e. The molecule has 2 N–H and O–H groups in total. The molecule has 2 aromatic rings. The maximum atomic E-state index is 11.9. The van der Waals surface area contributed by atoms with Crippen LogP contribution in [0.5, 0.6) is 5.75 Å². The number of hydrogen-bond acceptors (Lipinski definition) is 4. The number of aromatic nitrogens is 2. The molecule has 0 amide bonds. The first-order valence-electron chi connectivity index (χ1n) is 5.89. The molecule has 2 heterocycles. The zero-order valence-electron chi connectivity index (χ0n) is 10.00. The molecule has 0 bridgehead atoms. The van der Waals surface area contributed by atoms with Gasteiger partial charge in [-0.3, -0.25) is 9.36 Å². The van der Waals surface area contributed by atoms with Crippen LogP contribution in [0.2, 0.25) is 0 Å². The molecule has 0 atom stereocenters. The summed E-state index contributed by atoms with van der Waals surface area (Å²) in [5, 5.41) is 19.9. The Hall–Kier alpha value is -1.88. The van der Waals surface area contributed by atoms with Crippen molar-refractivity contribution < 1.29 is 10.2 Å². The Kier molecular flexibility index (Phi) is 2.22. The Morgan fingerprint density at radius 1 is 1.44 bits per heavy atom. The number of pyridine rings is 2. The molecule has 0 spiro atoms. The molecule has 5 heteroatoms. The summed E-state index contributed by atoms with van der Waals surface area (Å²) in [4.78, 5) is 16.1. The zero-order chi connectivity index (χ0) is 12.9. The second kappa shape index (κ2) is 3.55. The monoisotopic (exact) mass is 246 g/mol. The summed E-state index contributed by atoms with van der Waals surface area (Å²) in [6, 6.07) is 4.68. The molecular formula is C13H14N2O3. The van der Waals surface area contributed by atoms with Crippen molar-refractivity contribution in [3.05, 3.63) is 34.7 Å². The van der Waals surface area contributed by atoms with Crippen molar-refractivity contribution in [2.24, 2.45) is 0 Å². The number of aromatic hydroxyl groups is 1. The minimum Gasteiger partial charge on any atom is -0.506 e. The van der Waals surface area contributed by atoms with Crippen molar-refractivity contribution in [1.29, 1.82) is 0 Å². The van der Waals surface area contributed by atoms with Gasteiger partial charge in [0.1, 0.15) is 11.4 Å². The predicted molar refractivity (Wildman–Crippen MR) is 66.6 cm³/mol. The molecule has 0 aromatic carbocycles. The molecule has 5 nitrogen and oxygen atoms in total. The summed E-state index contributed by atoms with van der Waals surface area (Å²) < 4.78 is 1.60. The second-order valence-corrected chi connectivity index (χ2v) is 5.21. The Labute approximate surface area is 103 Å². The SMILES string of the molecule is C[C@]1(O)C[C@@H](n2c(=O)ccc3cc(O)cnc32)C1. The molecule has 3 rings (SSSR count). The molecule has 0 saturated heterocycles. The first-order chi connectivity index (χ1) is 8.46.